The van der Waals surface area contributed by atoms with Crippen molar-refractivity contribution in [2.45, 2.75) is 39.2 Å². The summed E-state index contributed by atoms with van der Waals surface area (Å²) in [4.78, 5) is 5.31. The van der Waals surface area contributed by atoms with Crippen LogP contribution in [-0.4, -0.2) is 27.8 Å². The Hall–Kier alpha value is -1.82. The van der Waals surface area contributed by atoms with Crippen molar-refractivity contribution in [3.8, 4) is 11.5 Å². The molecule has 0 unspecified atom stereocenters. The molecule has 0 aliphatic carbocycles. The van der Waals surface area contributed by atoms with Crippen LogP contribution in [0.5, 0.6) is 11.5 Å². The summed E-state index contributed by atoms with van der Waals surface area (Å²) in [5.74, 6) is 2.65. The predicted octanol–water partition coefficient (Wildman–Crippen LogP) is 2.83. The highest BCUT2D eigenvalue weighted by atomic mass is 32.1. The van der Waals surface area contributed by atoms with Crippen molar-refractivity contribution in [3.63, 3.8) is 0 Å². The molecule has 2 N–H and O–H groups in total. The number of hydrogen-bond acceptors (Lipinski definition) is 4. The number of thiocarbonyl (C=S) groups is 1. The molecule has 0 saturated carbocycles. The van der Waals surface area contributed by atoms with Gasteiger partial charge in [0.15, 0.2) is 11.5 Å². The zero-order valence-electron chi connectivity index (χ0n) is 12.8. The number of nitrogens with two attached hydrogens (primary N) is 1. The van der Waals surface area contributed by atoms with Gasteiger partial charge in [0.25, 0.3) is 0 Å². The van der Waals surface area contributed by atoms with Crippen LogP contribution in [0.15, 0.2) is 12.1 Å². The number of nitrogens with zero attached hydrogens (tertiary/aromatic N) is 2. The van der Waals surface area contributed by atoms with Crippen LogP contribution in [0.4, 0.5) is 0 Å². The van der Waals surface area contributed by atoms with Crippen LogP contribution in [0.25, 0.3) is 11.0 Å². The van der Waals surface area contributed by atoms with Gasteiger partial charge in [-0.3, -0.25) is 0 Å². The molecule has 1 aliphatic rings. The first-order valence-electron chi connectivity index (χ1n) is 7.76. The van der Waals surface area contributed by atoms with Gasteiger partial charge >= 0.3 is 0 Å². The van der Waals surface area contributed by atoms with Gasteiger partial charge in [0.1, 0.15) is 19.0 Å². The van der Waals surface area contributed by atoms with Crippen molar-refractivity contribution in [3.05, 3.63) is 18.0 Å². The second-order valence-electron chi connectivity index (χ2n) is 5.48. The Balaban J connectivity index is 2.03. The number of fused-ring (bicyclic) bond motifs is 2. The Morgan fingerprint density at radius 2 is 2.05 bits per heavy atom. The largest absolute Gasteiger partial charge is 0.486 e. The van der Waals surface area contributed by atoms with Crippen molar-refractivity contribution in [1.82, 2.24) is 9.55 Å². The zero-order chi connectivity index (χ0) is 15.5. The van der Waals surface area contributed by atoms with E-state index in [-0.39, 0.29) is 0 Å². The molecule has 118 valence electrons. The molecule has 3 rings (SSSR count). The number of aromatic nitrogens is 2. The lowest BCUT2D eigenvalue weighted by atomic mass is 10.2. The molecule has 0 radical (unpaired) electrons. The van der Waals surface area contributed by atoms with E-state index in [0.717, 1.165) is 54.2 Å². The summed E-state index contributed by atoms with van der Waals surface area (Å²) >= 11 is 5.02. The van der Waals surface area contributed by atoms with Crippen LogP contribution in [0.3, 0.4) is 0 Å². The third-order valence-corrected chi connectivity index (χ3v) is 4.03. The SMILES string of the molecule is CCCCc1nc2cc3c(cc2n1CCC(N)=S)OCCO3. The Bertz CT molecular complexity index is 696. The summed E-state index contributed by atoms with van der Waals surface area (Å²) in [7, 11) is 0. The van der Waals surface area contributed by atoms with Gasteiger partial charge in [-0.1, -0.05) is 25.6 Å². The van der Waals surface area contributed by atoms with Gasteiger partial charge in [-0.2, -0.15) is 0 Å². The first-order valence-corrected chi connectivity index (χ1v) is 8.17. The highest BCUT2D eigenvalue weighted by Gasteiger charge is 2.18. The van der Waals surface area contributed by atoms with Crippen LogP contribution >= 0.6 is 12.2 Å². The van der Waals surface area contributed by atoms with Crippen LogP contribution in [0.2, 0.25) is 0 Å². The summed E-state index contributed by atoms with van der Waals surface area (Å²) in [6.45, 7) is 4.11. The Kier molecular flexibility index (Phi) is 4.47. The molecule has 22 heavy (non-hydrogen) atoms. The molecule has 0 spiro atoms. The van der Waals surface area contributed by atoms with Crippen molar-refractivity contribution in [2.75, 3.05) is 13.2 Å². The standard InChI is InChI=1S/C16H21N3O2S/c1-2-3-4-16-18-11-9-13-14(21-8-7-20-13)10-12(11)19(16)6-5-15(17)22/h9-10H,2-8H2,1H3,(H2,17,22). The smallest absolute Gasteiger partial charge is 0.163 e. The number of imidazole rings is 1. The molecule has 0 bridgehead atoms. The molecule has 5 nitrogen and oxygen atoms in total. The molecular formula is C16H21N3O2S. The quantitative estimate of drug-likeness (QED) is 0.830. The number of unbranched alkanes of at least 4 members (excludes halogenated alkanes) is 1. The summed E-state index contributed by atoms with van der Waals surface area (Å²) in [6.07, 6.45) is 3.88. The second kappa shape index (κ2) is 6.52. The van der Waals surface area contributed by atoms with Gasteiger partial charge in [-0.05, 0) is 6.42 Å². The van der Waals surface area contributed by atoms with Crippen LogP contribution < -0.4 is 15.2 Å². The molecule has 1 aromatic heterocycles. The molecule has 0 saturated heterocycles. The Morgan fingerprint density at radius 1 is 1.32 bits per heavy atom. The molecule has 0 amide bonds. The van der Waals surface area contributed by atoms with E-state index in [4.69, 9.17) is 32.4 Å². The number of aryl methyl sites for hydroxylation is 2. The fourth-order valence-corrected chi connectivity index (χ4v) is 2.80. The van der Waals surface area contributed by atoms with Gasteiger partial charge in [0.05, 0.1) is 16.0 Å². The van der Waals surface area contributed by atoms with E-state index in [2.05, 4.69) is 11.5 Å². The first kappa shape index (κ1) is 15.1. The number of hydrogen-bond donors (Lipinski definition) is 1. The number of ether oxygens (including phenoxy) is 2. The van der Waals surface area contributed by atoms with Gasteiger partial charge in [0, 0.05) is 31.5 Å². The van der Waals surface area contributed by atoms with Crippen molar-refractivity contribution in [2.24, 2.45) is 5.73 Å². The van der Waals surface area contributed by atoms with E-state index < -0.39 is 0 Å². The Morgan fingerprint density at radius 3 is 2.73 bits per heavy atom. The highest BCUT2D eigenvalue weighted by molar-refractivity contribution is 7.80. The third kappa shape index (κ3) is 3.02. The maximum absolute atomic E-state index is 5.69. The molecule has 2 aromatic rings. The summed E-state index contributed by atoms with van der Waals surface area (Å²) in [5.41, 5.74) is 7.67. The number of rotatable bonds is 6. The van der Waals surface area contributed by atoms with E-state index in [1.165, 1.54) is 0 Å². The lowest BCUT2D eigenvalue weighted by Gasteiger charge is -2.18. The molecule has 0 atom stereocenters. The van der Waals surface area contributed by atoms with E-state index in [1.807, 2.05) is 12.1 Å². The van der Waals surface area contributed by atoms with E-state index in [0.29, 0.717) is 24.6 Å². The molecule has 1 aromatic carbocycles. The van der Waals surface area contributed by atoms with Gasteiger partial charge in [-0.15, -0.1) is 0 Å². The monoisotopic (exact) mass is 319 g/mol. The maximum atomic E-state index is 5.69. The van der Waals surface area contributed by atoms with Crippen molar-refractivity contribution < 1.29 is 9.47 Å². The van der Waals surface area contributed by atoms with Crippen LogP contribution in [-0.2, 0) is 13.0 Å². The predicted molar refractivity (Wildman–Crippen MR) is 90.7 cm³/mol. The molecule has 0 fully saturated rings. The molecular weight excluding hydrogens is 298 g/mol. The lowest BCUT2D eigenvalue weighted by molar-refractivity contribution is 0.172. The van der Waals surface area contributed by atoms with E-state index >= 15 is 0 Å². The molecule has 2 heterocycles. The minimum Gasteiger partial charge on any atom is -0.486 e. The third-order valence-electron chi connectivity index (χ3n) is 3.83. The van der Waals surface area contributed by atoms with Gasteiger partial charge < -0.3 is 19.8 Å². The van der Waals surface area contributed by atoms with Gasteiger partial charge in [0.2, 0.25) is 0 Å². The summed E-state index contributed by atoms with van der Waals surface area (Å²) < 4.78 is 13.5. The highest BCUT2D eigenvalue weighted by Crippen LogP contribution is 2.35. The zero-order valence-corrected chi connectivity index (χ0v) is 13.6. The summed E-state index contributed by atoms with van der Waals surface area (Å²) in [6, 6.07) is 3.99. The van der Waals surface area contributed by atoms with Crippen LogP contribution in [0.1, 0.15) is 32.0 Å². The topological polar surface area (TPSA) is 62.3 Å². The van der Waals surface area contributed by atoms with Crippen molar-refractivity contribution in [1.29, 1.82) is 0 Å². The van der Waals surface area contributed by atoms with E-state index in [1.54, 1.807) is 0 Å². The normalized spacial score (nSPS) is 13.5. The number of benzene rings is 1. The maximum Gasteiger partial charge on any atom is 0.163 e. The second-order valence-corrected chi connectivity index (χ2v) is 6.01. The average Bonchev–Trinajstić information content (AvgIpc) is 2.85. The van der Waals surface area contributed by atoms with E-state index in [9.17, 15) is 0 Å². The molecule has 6 heteroatoms. The van der Waals surface area contributed by atoms with Crippen molar-refractivity contribution >= 4 is 28.2 Å². The first-order chi connectivity index (χ1) is 10.7. The Labute approximate surface area is 135 Å². The summed E-state index contributed by atoms with van der Waals surface area (Å²) in [5, 5.41) is 0. The van der Waals surface area contributed by atoms with Crippen LogP contribution in [0, 0.1) is 0 Å². The fraction of sp³-hybridized carbons (Fsp3) is 0.500. The average molecular weight is 319 g/mol. The fourth-order valence-electron chi connectivity index (χ4n) is 2.71. The minimum atomic E-state index is 0.529. The lowest BCUT2D eigenvalue weighted by Crippen LogP contribution is -2.15. The van der Waals surface area contributed by atoms with Gasteiger partial charge in [-0.25, -0.2) is 4.98 Å². The minimum absolute atomic E-state index is 0.529. The molecule has 1 aliphatic heterocycles.